The highest BCUT2D eigenvalue weighted by Crippen LogP contribution is 2.42. The first-order valence-corrected chi connectivity index (χ1v) is 4.89. The van der Waals surface area contributed by atoms with E-state index in [0.717, 1.165) is 6.54 Å². The number of ether oxygens (including phenoxy) is 1. The molecule has 1 rings (SSSR count). The first kappa shape index (κ1) is 10.0. The molecule has 1 aliphatic carbocycles. The van der Waals surface area contributed by atoms with Crippen molar-refractivity contribution in [3.63, 3.8) is 0 Å². The molecule has 0 saturated heterocycles. The molecular weight excluding hydrogens is 150 g/mol. The van der Waals surface area contributed by atoms with Crippen molar-refractivity contribution in [1.29, 1.82) is 0 Å². The Morgan fingerprint density at radius 2 is 2.17 bits per heavy atom. The molecular formula is C10H21NO. The van der Waals surface area contributed by atoms with Crippen molar-refractivity contribution in [2.24, 2.45) is 5.41 Å². The second-order valence-electron chi connectivity index (χ2n) is 4.29. The minimum Gasteiger partial charge on any atom is -0.381 e. The van der Waals surface area contributed by atoms with Gasteiger partial charge in [0.2, 0.25) is 0 Å². The lowest BCUT2D eigenvalue weighted by Gasteiger charge is -2.51. The maximum Gasteiger partial charge on any atom is 0.0652 e. The fourth-order valence-corrected chi connectivity index (χ4v) is 1.95. The van der Waals surface area contributed by atoms with Gasteiger partial charge in [0, 0.05) is 18.6 Å². The molecule has 72 valence electrons. The van der Waals surface area contributed by atoms with E-state index in [4.69, 9.17) is 4.74 Å². The SMILES string of the molecule is CCCNC1CC(OC)C1(C)C. The van der Waals surface area contributed by atoms with Crippen LogP contribution in [0.25, 0.3) is 0 Å². The van der Waals surface area contributed by atoms with Crippen molar-refractivity contribution >= 4 is 0 Å². The monoisotopic (exact) mass is 171 g/mol. The van der Waals surface area contributed by atoms with E-state index in [1.165, 1.54) is 12.8 Å². The van der Waals surface area contributed by atoms with Gasteiger partial charge in [-0.2, -0.15) is 0 Å². The molecule has 1 fully saturated rings. The van der Waals surface area contributed by atoms with Gasteiger partial charge < -0.3 is 10.1 Å². The summed E-state index contributed by atoms with van der Waals surface area (Å²) in [5.74, 6) is 0. The van der Waals surface area contributed by atoms with Crippen LogP contribution in [0, 0.1) is 5.41 Å². The van der Waals surface area contributed by atoms with E-state index in [0.29, 0.717) is 17.6 Å². The molecule has 1 aliphatic rings. The van der Waals surface area contributed by atoms with Gasteiger partial charge in [0.1, 0.15) is 0 Å². The van der Waals surface area contributed by atoms with Crippen LogP contribution in [-0.4, -0.2) is 25.8 Å². The normalized spacial score (nSPS) is 33.0. The summed E-state index contributed by atoms with van der Waals surface area (Å²) in [4.78, 5) is 0. The Hall–Kier alpha value is -0.0800. The van der Waals surface area contributed by atoms with Gasteiger partial charge in [-0.15, -0.1) is 0 Å². The first-order chi connectivity index (χ1) is 5.62. The van der Waals surface area contributed by atoms with Crippen molar-refractivity contribution in [3.8, 4) is 0 Å². The molecule has 0 aromatic rings. The Bertz CT molecular complexity index is 143. The summed E-state index contributed by atoms with van der Waals surface area (Å²) >= 11 is 0. The van der Waals surface area contributed by atoms with E-state index in [1.54, 1.807) is 0 Å². The Morgan fingerprint density at radius 3 is 2.58 bits per heavy atom. The van der Waals surface area contributed by atoms with Crippen LogP contribution in [0.1, 0.15) is 33.6 Å². The molecule has 2 unspecified atom stereocenters. The lowest BCUT2D eigenvalue weighted by atomic mass is 9.64. The summed E-state index contributed by atoms with van der Waals surface area (Å²) in [5, 5.41) is 3.54. The third-order valence-electron chi connectivity index (χ3n) is 3.10. The lowest BCUT2D eigenvalue weighted by Crippen LogP contribution is -2.60. The van der Waals surface area contributed by atoms with Crippen LogP contribution < -0.4 is 5.32 Å². The Kier molecular flexibility index (Phi) is 3.13. The molecule has 1 N–H and O–H groups in total. The number of hydrogen-bond donors (Lipinski definition) is 1. The van der Waals surface area contributed by atoms with Crippen molar-refractivity contribution < 1.29 is 4.74 Å². The molecule has 0 heterocycles. The molecule has 2 heteroatoms. The van der Waals surface area contributed by atoms with Gasteiger partial charge in [-0.05, 0) is 19.4 Å². The third-order valence-corrected chi connectivity index (χ3v) is 3.10. The molecule has 0 amide bonds. The van der Waals surface area contributed by atoms with Crippen LogP contribution in [0.3, 0.4) is 0 Å². The summed E-state index contributed by atoms with van der Waals surface area (Å²) in [7, 11) is 1.81. The van der Waals surface area contributed by atoms with Gasteiger partial charge in [0.25, 0.3) is 0 Å². The van der Waals surface area contributed by atoms with E-state index in [2.05, 4.69) is 26.1 Å². The zero-order valence-electron chi connectivity index (χ0n) is 8.68. The fraction of sp³-hybridized carbons (Fsp3) is 1.00. The maximum absolute atomic E-state index is 5.37. The minimum atomic E-state index is 0.323. The van der Waals surface area contributed by atoms with Gasteiger partial charge in [0.05, 0.1) is 6.10 Å². The summed E-state index contributed by atoms with van der Waals surface area (Å²) in [6.45, 7) is 7.88. The van der Waals surface area contributed by atoms with Gasteiger partial charge >= 0.3 is 0 Å². The number of nitrogens with one attached hydrogen (secondary N) is 1. The van der Waals surface area contributed by atoms with Crippen LogP contribution in [0.15, 0.2) is 0 Å². The van der Waals surface area contributed by atoms with Gasteiger partial charge in [-0.3, -0.25) is 0 Å². The van der Waals surface area contributed by atoms with Crippen molar-refractivity contribution in [2.75, 3.05) is 13.7 Å². The summed E-state index contributed by atoms with van der Waals surface area (Å²) in [5.41, 5.74) is 0.323. The highest BCUT2D eigenvalue weighted by atomic mass is 16.5. The van der Waals surface area contributed by atoms with Crippen LogP contribution in [-0.2, 0) is 4.74 Å². The molecule has 0 aliphatic heterocycles. The average molecular weight is 171 g/mol. The molecule has 0 radical (unpaired) electrons. The van der Waals surface area contributed by atoms with Gasteiger partial charge in [-0.1, -0.05) is 20.8 Å². The molecule has 0 bridgehead atoms. The second kappa shape index (κ2) is 3.75. The molecule has 0 aromatic heterocycles. The topological polar surface area (TPSA) is 21.3 Å². The summed E-state index contributed by atoms with van der Waals surface area (Å²) < 4.78 is 5.37. The smallest absolute Gasteiger partial charge is 0.0652 e. The van der Waals surface area contributed by atoms with E-state index in [1.807, 2.05) is 7.11 Å². The quantitative estimate of drug-likeness (QED) is 0.696. The largest absolute Gasteiger partial charge is 0.381 e. The van der Waals surface area contributed by atoms with Crippen LogP contribution in [0.2, 0.25) is 0 Å². The Morgan fingerprint density at radius 1 is 1.50 bits per heavy atom. The Balaban J connectivity index is 2.32. The number of rotatable bonds is 4. The van der Waals surface area contributed by atoms with Crippen molar-refractivity contribution in [2.45, 2.75) is 45.8 Å². The van der Waals surface area contributed by atoms with E-state index < -0.39 is 0 Å². The predicted molar refractivity (Wildman–Crippen MR) is 51.3 cm³/mol. The van der Waals surface area contributed by atoms with E-state index in [9.17, 15) is 0 Å². The standard InChI is InChI=1S/C10H21NO/c1-5-6-11-8-7-9(12-4)10(8,2)3/h8-9,11H,5-7H2,1-4H3. The molecule has 2 nitrogen and oxygen atoms in total. The minimum absolute atomic E-state index is 0.323. The highest BCUT2D eigenvalue weighted by Gasteiger charge is 2.47. The van der Waals surface area contributed by atoms with Crippen LogP contribution in [0.4, 0.5) is 0 Å². The zero-order valence-corrected chi connectivity index (χ0v) is 8.68. The lowest BCUT2D eigenvalue weighted by molar-refractivity contribution is -0.0972. The molecule has 12 heavy (non-hydrogen) atoms. The van der Waals surface area contributed by atoms with Crippen LogP contribution >= 0.6 is 0 Å². The van der Waals surface area contributed by atoms with Crippen LogP contribution in [0.5, 0.6) is 0 Å². The fourth-order valence-electron chi connectivity index (χ4n) is 1.95. The van der Waals surface area contributed by atoms with Gasteiger partial charge in [-0.25, -0.2) is 0 Å². The second-order valence-corrected chi connectivity index (χ2v) is 4.29. The molecule has 2 atom stereocenters. The maximum atomic E-state index is 5.37. The first-order valence-electron chi connectivity index (χ1n) is 4.89. The van der Waals surface area contributed by atoms with E-state index >= 15 is 0 Å². The molecule has 0 aromatic carbocycles. The average Bonchev–Trinajstić information content (AvgIpc) is 2.03. The number of hydrogen-bond acceptors (Lipinski definition) is 2. The van der Waals surface area contributed by atoms with Crippen molar-refractivity contribution in [1.82, 2.24) is 5.32 Å². The zero-order chi connectivity index (χ0) is 9.19. The summed E-state index contributed by atoms with van der Waals surface area (Å²) in [6.07, 6.45) is 2.83. The molecule has 1 saturated carbocycles. The van der Waals surface area contributed by atoms with E-state index in [-0.39, 0.29) is 0 Å². The highest BCUT2D eigenvalue weighted by molar-refractivity contribution is 5.02. The number of methoxy groups -OCH3 is 1. The van der Waals surface area contributed by atoms with Crippen molar-refractivity contribution in [3.05, 3.63) is 0 Å². The predicted octanol–water partition coefficient (Wildman–Crippen LogP) is 1.80. The Labute approximate surface area is 75.7 Å². The third kappa shape index (κ3) is 1.64. The summed E-state index contributed by atoms with van der Waals surface area (Å²) in [6, 6.07) is 0.655. The van der Waals surface area contributed by atoms with Gasteiger partial charge in [0.15, 0.2) is 0 Å². The molecule has 0 spiro atoms.